The van der Waals surface area contributed by atoms with E-state index in [4.69, 9.17) is 16.0 Å². The van der Waals surface area contributed by atoms with Gasteiger partial charge in [0.25, 0.3) is 0 Å². The van der Waals surface area contributed by atoms with Gasteiger partial charge in [-0.05, 0) is 48.6 Å². The third-order valence-electron chi connectivity index (χ3n) is 3.81. The van der Waals surface area contributed by atoms with Crippen LogP contribution >= 0.6 is 34.7 Å². The summed E-state index contributed by atoms with van der Waals surface area (Å²) in [6.07, 6.45) is 1.19. The standard InChI is InChI=1S/C20H20ClN3O3S2/c1-13(25)22-11-15-6-9-18(27-15)17-12-29-20(23-17)24-19(26)3-2-10-28-16-7-4-14(21)5-8-16/h4-9,12H,2-3,10-11H2,1H3,(H,22,25)(H,23,24,26). The number of halogens is 1. The van der Waals surface area contributed by atoms with Gasteiger partial charge in [0.2, 0.25) is 11.8 Å². The number of hydrogen-bond donors (Lipinski definition) is 2. The van der Waals surface area contributed by atoms with Crippen molar-refractivity contribution >= 4 is 51.6 Å². The zero-order valence-electron chi connectivity index (χ0n) is 15.7. The van der Waals surface area contributed by atoms with Crippen molar-refractivity contribution in [2.45, 2.75) is 31.2 Å². The highest BCUT2D eigenvalue weighted by Gasteiger charge is 2.11. The van der Waals surface area contributed by atoms with Crippen molar-refractivity contribution in [3.05, 3.63) is 52.6 Å². The van der Waals surface area contributed by atoms with E-state index in [1.54, 1.807) is 23.9 Å². The van der Waals surface area contributed by atoms with Crippen LogP contribution < -0.4 is 10.6 Å². The molecule has 0 aliphatic heterocycles. The molecular weight excluding hydrogens is 430 g/mol. The van der Waals surface area contributed by atoms with E-state index in [1.165, 1.54) is 18.3 Å². The number of nitrogens with one attached hydrogen (secondary N) is 2. The zero-order chi connectivity index (χ0) is 20.6. The third-order valence-corrected chi connectivity index (χ3v) is 5.91. The number of carbonyl (C=O) groups is 2. The smallest absolute Gasteiger partial charge is 0.226 e. The number of thiazole rings is 1. The molecule has 2 N–H and O–H groups in total. The molecule has 152 valence electrons. The molecule has 2 aromatic heterocycles. The molecule has 0 fully saturated rings. The summed E-state index contributed by atoms with van der Waals surface area (Å²) in [7, 11) is 0. The average Bonchev–Trinajstić information content (AvgIpc) is 3.34. The van der Waals surface area contributed by atoms with Crippen molar-refractivity contribution in [3.63, 3.8) is 0 Å². The van der Waals surface area contributed by atoms with Crippen molar-refractivity contribution in [3.8, 4) is 11.5 Å². The molecule has 0 aliphatic rings. The van der Waals surface area contributed by atoms with Crippen LogP contribution in [0.2, 0.25) is 5.02 Å². The highest BCUT2D eigenvalue weighted by atomic mass is 35.5. The number of benzene rings is 1. The highest BCUT2D eigenvalue weighted by molar-refractivity contribution is 7.99. The van der Waals surface area contributed by atoms with Gasteiger partial charge >= 0.3 is 0 Å². The summed E-state index contributed by atoms with van der Waals surface area (Å²) < 4.78 is 5.67. The minimum Gasteiger partial charge on any atom is -0.458 e. The van der Waals surface area contributed by atoms with Gasteiger partial charge in [-0.3, -0.25) is 9.59 Å². The second kappa shape index (κ2) is 10.5. The quantitative estimate of drug-likeness (QED) is 0.346. The summed E-state index contributed by atoms with van der Waals surface area (Å²) >= 11 is 8.91. The fraction of sp³-hybridized carbons (Fsp3) is 0.250. The lowest BCUT2D eigenvalue weighted by atomic mass is 10.3. The van der Waals surface area contributed by atoms with Crippen LogP contribution in [0, 0.1) is 0 Å². The van der Waals surface area contributed by atoms with Gasteiger partial charge in [0.1, 0.15) is 11.5 Å². The Balaban J connectivity index is 1.42. The number of aromatic nitrogens is 1. The molecule has 2 amide bonds. The van der Waals surface area contributed by atoms with E-state index < -0.39 is 0 Å². The van der Waals surface area contributed by atoms with Crippen LogP contribution in [0.4, 0.5) is 5.13 Å². The number of furan rings is 1. The topological polar surface area (TPSA) is 84.2 Å². The van der Waals surface area contributed by atoms with E-state index in [2.05, 4.69) is 15.6 Å². The Morgan fingerprint density at radius 2 is 2.00 bits per heavy atom. The van der Waals surface area contributed by atoms with Crippen molar-refractivity contribution in [2.75, 3.05) is 11.1 Å². The molecule has 0 atom stereocenters. The molecule has 3 rings (SSSR count). The predicted molar refractivity (Wildman–Crippen MR) is 117 cm³/mol. The molecular formula is C20H20ClN3O3S2. The minimum atomic E-state index is -0.117. The number of rotatable bonds is 9. The number of anilines is 1. The second-order valence-corrected chi connectivity index (χ2v) is 8.63. The first-order chi connectivity index (χ1) is 14.0. The molecule has 2 heterocycles. The Morgan fingerprint density at radius 1 is 1.21 bits per heavy atom. The van der Waals surface area contributed by atoms with E-state index >= 15 is 0 Å². The number of nitrogens with zero attached hydrogens (tertiary/aromatic N) is 1. The van der Waals surface area contributed by atoms with Crippen molar-refractivity contribution in [1.29, 1.82) is 0 Å². The lowest BCUT2D eigenvalue weighted by Crippen LogP contribution is -2.18. The molecule has 0 aliphatic carbocycles. The van der Waals surface area contributed by atoms with Gasteiger partial charge < -0.3 is 15.1 Å². The Hall–Kier alpha value is -2.29. The van der Waals surface area contributed by atoms with Gasteiger partial charge in [-0.15, -0.1) is 23.1 Å². The lowest BCUT2D eigenvalue weighted by molar-refractivity contribution is -0.119. The Morgan fingerprint density at radius 3 is 2.76 bits per heavy atom. The summed E-state index contributed by atoms with van der Waals surface area (Å²) in [4.78, 5) is 28.6. The molecule has 0 spiro atoms. The van der Waals surface area contributed by atoms with Crippen molar-refractivity contribution in [2.24, 2.45) is 0 Å². The predicted octanol–water partition coefficient (Wildman–Crippen LogP) is 5.20. The summed E-state index contributed by atoms with van der Waals surface area (Å²) in [5.41, 5.74) is 0.651. The fourth-order valence-electron chi connectivity index (χ4n) is 2.40. The van der Waals surface area contributed by atoms with Crippen LogP contribution in [0.3, 0.4) is 0 Å². The minimum absolute atomic E-state index is 0.0617. The Bertz CT molecular complexity index is 970. The van der Waals surface area contributed by atoms with Gasteiger partial charge in [0.15, 0.2) is 10.9 Å². The highest BCUT2D eigenvalue weighted by Crippen LogP contribution is 2.27. The molecule has 0 bridgehead atoms. The zero-order valence-corrected chi connectivity index (χ0v) is 18.1. The first-order valence-corrected chi connectivity index (χ1v) is 11.2. The summed E-state index contributed by atoms with van der Waals surface area (Å²) in [6.45, 7) is 1.78. The van der Waals surface area contributed by atoms with Gasteiger partial charge in [0.05, 0.1) is 6.54 Å². The summed E-state index contributed by atoms with van der Waals surface area (Å²) in [5, 5.41) is 8.59. The maximum absolute atomic E-state index is 12.1. The fourth-order valence-corrected chi connectivity index (χ4v) is 4.10. The molecule has 29 heavy (non-hydrogen) atoms. The number of carbonyl (C=O) groups excluding carboxylic acids is 2. The van der Waals surface area contributed by atoms with Gasteiger partial charge in [0, 0.05) is 28.6 Å². The van der Waals surface area contributed by atoms with Crippen LogP contribution in [0.1, 0.15) is 25.5 Å². The summed E-state index contributed by atoms with van der Waals surface area (Å²) in [6, 6.07) is 11.3. The molecule has 9 heteroatoms. The SMILES string of the molecule is CC(=O)NCc1ccc(-c2csc(NC(=O)CCCSc3ccc(Cl)cc3)n2)o1. The second-order valence-electron chi connectivity index (χ2n) is 6.17. The van der Waals surface area contributed by atoms with E-state index in [0.717, 1.165) is 22.1 Å². The van der Waals surface area contributed by atoms with E-state index in [0.29, 0.717) is 35.3 Å². The molecule has 1 aromatic carbocycles. The van der Waals surface area contributed by atoms with Crippen LogP contribution in [-0.2, 0) is 16.1 Å². The molecule has 3 aromatic rings. The monoisotopic (exact) mass is 449 g/mol. The number of amides is 2. The first kappa shape index (κ1) is 21.4. The van der Waals surface area contributed by atoms with Crippen LogP contribution in [-0.4, -0.2) is 22.6 Å². The largest absolute Gasteiger partial charge is 0.458 e. The maximum Gasteiger partial charge on any atom is 0.226 e. The maximum atomic E-state index is 12.1. The van der Waals surface area contributed by atoms with Crippen LogP contribution in [0.15, 0.2) is 51.1 Å². The van der Waals surface area contributed by atoms with Gasteiger partial charge in [-0.25, -0.2) is 4.98 Å². The van der Waals surface area contributed by atoms with Crippen LogP contribution in [0.5, 0.6) is 0 Å². The van der Waals surface area contributed by atoms with E-state index in [-0.39, 0.29) is 11.8 Å². The third kappa shape index (κ3) is 6.92. The number of hydrogen-bond acceptors (Lipinski definition) is 6. The molecule has 0 radical (unpaired) electrons. The number of thioether (sulfide) groups is 1. The molecule has 0 saturated carbocycles. The molecule has 0 saturated heterocycles. The van der Waals surface area contributed by atoms with E-state index in [1.807, 2.05) is 29.6 Å². The molecule has 0 unspecified atom stereocenters. The Labute approximate surface area is 182 Å². The van der Waals surface area contributed by atoms with E-state index in [9.17, 15) is 9.59 Å². The summed E-state index contributed by atoms with van der Waals surface area (Å²) in [5.74, 6) is 1.91. The van der Waals surface area contributed by atoms with Crippen molar-refractivity contribution < 1.29 is 14.0 Å². The molecule has 6 nitrogen and oxygen atoms in total. The Kier molecular flexibility index (Phi) is 7.74. The normalized spacial score (nSPS) is 10.7. The van der Waals surface area contributed by atoms with Gasteiger partial charge in [-0.2, -0.15) is 0 Å². The lowest BCUT2D eigenvalue weighted by Gasteiger charge is -2.03. The average molecular weight is 450 g/mol. The van der Waals surface area contributed by atoms with Crippen LogP contribution in [0.25, 0.3) is 11.5 Å². The first-order valence-electron chi connectivity index (χ1n) is 8.97. The van der Waals surface area contributed by atoms with Gasteiger partial charge in [-0.1, -0.05) is 11.6 Å². The van der Waals surface area contributed by atoms with Crippen molar-refractivity contribution in [1.82, 2.24) is 10.3 Å².